The molecular weight excluding hydrogens is 697 g/mol. The van der Waals surface area contributed by atoms with Crippen LogP contribution in [0.1, 0.15) is 21.5 Å². The number of allylic oxidation sites excluding steroid dienone is 1. The Hall–Kier alpha value is -1.83. The Labute approximate surface area is 202 Å². The number of ether oxygens (including phenoxy) is 1. The van der Waals surface area contributed by atoms with E-state index < -0.39 is 5.97 Å². The number of carboxylic acids is 1. The minimum atomic E-state index is -1.07. The molecule has 2 aromatic rings. The minimum Gasteiger partial charge on any atom is -0.872 e. The van der Waals surface area contributed by atoms with Crippen LogP contribution < -0.4 is 9.84 Å². The Morgan fingerprint density at radius 3 is 2.52 bits per heavy atom. The summed E-state index contributed by atoms with van der Waals surface area (Å²) in [6.07, 6.45) is 1.64. The fourth-order valence-corrected chi connectivity index (χ4v) is 3.68. The molecule has 1 heterocycles. The van der Waals surface area contributed by atoms with Gasteiger partial charge in [0.05, 0.1) is 10.0 Å². The monoisotopic (exact) mass is 707 g/mol. The average Bonchev–Trinajstić information content (AvgIpc) is 2.63. The van der Waals surface area contributed by atoms with Gasteiger partial charge in [0, 0.05) is 21.2 Å². The fourth-order valence-electron chi connectivity index (χ4n) is 3.01. The van der Waals surface area contributed by atoms with E-state index in [2.05, 4.69) is 37.6 Å². The van der Waals surface area contributed by atoms with Crippen molar-refractivity contribution in [2.75, 3.05) is 0 Å². The van der Waals surface area contributed by atoms with Gasteiger partial charge in [-0.25, -0.2) is 4.79 Å². The molecule has 0 amide bonds. The van der Waals surface area contributed by atoms with Crippen LogP contribution in [0.2, 0.25) is 0 Å². The molecule has 0 spiro atoms. The van der Waals surface area contributed by atoms with Crippen LogP contribution in [0.15, 0.2) is 74.3 Å². The average molecular weight is 708 g/mol. The maximum Gasteiger partial charge on any atom is 1.00 e. The van der Waals surface area contributed by atoms with Gasteiger partial charge >= 0.3 is 33.6 Å². The first kappa shape index (κ1) is 23.4. The van der Waals surface area contributed by atoms with Crippen LogP contribution >= 0.6 is 31.9 Å². The molecule has 2 aromatic carbocycles. The Balaban J connectivity index is 0.00000150. The number of halogens is 2. The molecule has 0 saturated carbocycles. The molecule has 1 aliphatic heterocycles. The van der Waals surface area contributed by atoms with Crippen molar-refractivity contribution in [3.05, 3.63) is 90.9 Å². The van der Waals surface area contributed by atoms with E-state index in [1.807, 2.05) is 0 Å². The first-order valence-corrected chi connectivity index (χ1v) is 9.29. The van der Waals surface area contributed by atoms with Gasteiger partial charge in [-0.15, -0.1) is 0 Å². The summed E-state index contributed by atoms with van der Waals surface area (Å²) in [7, 11) is 0. The van der Waals surface area contributed by atoms with E-state index in [0.29, 0.717) is 31.2 Å². The summed E-state index contributed by atoms with van der Waals surface area (Å²) in [4.78, 5) is 11.8. The summed E-state index contributed by atoms with van der Waals surface area (Å²) in [5, 5.41) is 31.6. The number of aliphatic hydroxyl groups is 1. The van der Waals surface area contributed by atoms with Crippen molar-refractivity contribution in [2.45, 2.75) is 0 Å². The molecule has 0 bridgehead atoms. The van der Waals surface area contributed by atoms with Crippen molar-refractivity contribution in [1.29, 1.82) is 0 Å². The molecule has 0 aromatic heterocycles. The van der Waals surface area contributed by atoms with Crippen molar-refractivity contribution in [3.8, 4) is 11.5 Å². The molecule has 2 aliphatic rings. The van der Waals surface area contributed by atoms with Gasteiger partial charge < -0.3 is 25.5 Å². The van der Waals surface area contributed by atoms with Crippen LogP contribution in [0.3, 0.4) is 0 Å². The third kappa shape index (κ3) is 4.08. The summed E-state index contributed by atoms with van der Waals surface area (Å²) in [6, 6.07) is 9.51. The number of benzene rings is 2. The smallest absolute Gasteiger partial charge is 0.872 e. The molecule has 1 aliphatic carbocycles. The number of fused-ring (bicyclic) bond motifs is 2. The zero-order chi connectivity index (χ0) is 19.3. The van der Waals surface area contributed by atoms with Gasteiger partial charge in [-0.3, -0.25) is 0 Å². The largest absolute Gasteiger partial charge is 1.00 e. The zero-order valence-electron chi connectivity index (χ0n) is 14.6. The van der Waals surface area contributed by atoms with Crippen LogP contribution in [-0.4, -0.2) is 21.7 Å². The molecular formula is C20H11Br2HgO6. The number of aromatic carboxylic acids is 1. The second-order valence-electron chi connectivity index (χ2n) is 5.82. The van der Waals surface area contributed by atoms with E-state index in [1.54, 1.807) is 30.3 Å². The van der Waals surface area contributed by atoms with Crippen molar-refractivity contribution in [1.82, 2.24) is 0 Å². The van der Waals surface area contributed by atoms with Crippen LogP contribution in [-0.2, 0) is 27.7 Å². The molecule has 4 rings (SSSR count). The summed E-state index contributed by atoms with van der Waals surface area (Å²) >= 11 is 6.50. The minimum absolute atomic E-state index is 0. The number of carbonyl (C=O) groups is 1. The molecule has 143 valence electrons. The van der Waals surface area contributed by atoms with Gasteiger partial charge in [-0.2, -0.15) is 0 Å². The Morgan fingerprint density at radius 2 is 1.83 bits per heavy atom. The molecule has 1 radical (unpaired) electrons. The number of rotatable bonds is 2. The van der Waals surface area contributed by atoms with Crippen molar-refractivity contribution in [2.24, 2.45) is 0 Å². The summed E-state index contributed by atoms with van der Waals surface area (Å²) in [6.45, 7) is 0. The number of carboxylic acid groups (broad SMARTS) is 1. The molecule has 29 heavy (non-hydrogen) atoms. The first-order chi connectivity index (χ1) is 12.9. The SMILES string of the molecule is O.O=C(O)c1ccccc1C1=C2C=C(Br)C(O)=C=C2Oc2cc([O-])c(Br)cc21.[Hg+]. The predicted molar refractivity (Wildman–Crippen MR) is 107 cm³/mol. The third-order valence-corrected chi connectivity index (χ3v) is 5.41. The first-order valence-electron chi connectivity index (χ1n) is 7.70. The zero-order valence-corrected chi connectivity index (χ0v) is 23.3. The van der Waals surface area contributed by atoms with Gasteiger partial charge in [-0.1, -0.05) is 39.9 Å². The van der Waals surface area contributed by atoms with E-state index in [4.69, 9.17) is 4.74 Å². The van der Waals surface area contributed by atoms with Gasteiger partial charge in [0.2, 0.25) is 0 Å². The van der Waals surface area contributed by atoms with Crippen molar-refractivity contribution >= 4 is 43.4 Å². The van der Waals surface area contributed by atoms with Crippen LogP contribution in [0, 0.1) is 0 Å². The van der Waals surface area contributed by atoms with E-state index >= 15 is 0 Å². The molecule has 4 N–H and O–H groups in total. The second kappa shape index (κ2) is 8.89. The number of aliphatic hydroxyl groups excluding tert-OH is 1. The van der Waals surface area contributed by atoms with Crippen molar-refractivity contribution < 1.29 is 58.0 Å². The molecule has 6 nitrogen and oxygen atoms in total. The normalized spacial score (nSPS) is 14.1. The topological polar surface area (TPSA) is 121 Å². The van der Waals surface area contributed by atoms with Crippen LogP contribution in [0.5, 0.6) is 11.5 Å². The van der Waals surface area contributed by atoms with Crippen molar-refractivity contribution in [3.63, 3.8) is 0 Å². The molecule has 0 saturated heterocycles. The van der Waals surface area contributed by atoms with Gasteiger partial charge in [0.1, 0.15) is 5.75 Å². The van der Waals surface area contributed by atoms with Crippen LogP contribution in [0.4, 0.5) is 0 Å². The number of hydrogen-bond donors (Lipinski definition) is 2. The van der Waals surface area contributed by atoms with Crippen LogP contribution in [0.25, 0.3) is 5.57 Å². The quantitative estimate of drug-likeness (QED) is 0.364. The summed E-state index contributed by atoms with van der Waals surface area (Å²) < 4.78 is 6.50. The summed E-state index contributed by atoms with van der Waals surface area (Å²) in [5.41, 5.74) is 4.98. The number of hydrogen-bond acceptors (Lipinski definition) is 4. The maximum absolute atomic E-state index is 12.0. The Kier molecular flexibility index (Phi) is 7.19. The van der Waals surface area contributed by atoms with Gasteiger partial charge in [0.25, 0.3) is 0 Å². The predicted octanol–water partition coefficient (Wildman–Crippen LogP) is 3.81. The Morgan fingerprint density at radius 1 is 1.14 bits per heavy atom. The maximum atomic E-state index is 12.0. The van der Waals surface area contributed by atoms with E-state index in [-0.39, 0.29) is 61.7 Å². The summed E-state index contributed by atoms with van der Waals surface area (Å²) in [5.74, 6) is -1.02. The Bertz CT molecular complexity index is 1160. The van der Waals surface area contributed by atoms with E-state index in [0.717, 1.165) is 0 Å². The van der Waals surface area contributed by atoms with Gasteiger partial charge in [0.15, 0.2) is 11.5 Å². The molecule has 0 fully saturated rings. The fraction of sp³-hybridized carbons (Fsp3) is 0. The third-order valence-electron chi connectivity index (χ3n) is 4.19. The van der Waals surface area contributed by atoms with Gasteiger partial charge in [-0.05, 0) is 51.5 Å². The van der Waals surface area contributed by atoms with E-state index in [1.165, 1.54) is 12.1 Å². The molecule has 9 heteroatoms. The molecule has 0 unspecified atom stereocenters. The van der Waals surface area contributed by atoms with E-state index in [9.17, 15) is 20.1 Å². The molecule has 0 atom stereocenters. The standard InChI is InChI=1S/C20H10Br2O5.Hg.H2O/c21-13-5-11-17(7-15(13)23)27-18-8-16(24)14(22)6-12(18)19(11)9-3-1-2-4-10(9)20(25)26;;/h1-7,23-24H,(H,25,26);;1H2/q;+1;/p-1. The second-order valence-corrected chi connectivity index (χ2v) is 7.52.